The van der Waals surface area contributed by atoms with Crippen LogP contribution in [0.5, 0.6) is 11.5 Å². The molecule has 0 unspecified atom stereocenters. The second-order valence-corrected chi connectivity index (χ2v) is 11.8. The summed E-state index contributed by atoms with van der Waals surface area (Å²) in [4.78, 5) is 0. The number of phenolic OH excluding ortho intramolecular Hbond substituents is 2. The summed E-state index contributed by atoms with van der Waals surface area (Å²) in [5, 5.41) is 41.0. The Bertz CT molecular complexity index is 1400. The topological polar surface area (TPSA) is 102 Å². The Kier molecular flexibility index (Phi) is 11.4. The molecule has 0 heterocycles. The number of aromatic hydroxyl groups is 2. The van der Waals surface area contributed by atoms with E-state index < -0.39 is 0 Å². The Morgan fingerprint density at radius 1 is 0.535 bits per heavy atom. The number of hydrogen-bond donors (Lipinski definition) is 3. The fourth-order valence-electron chi connectivity index (χ4n) is 4.65. The third-order valence-corrected chi connectivity index (χ3v) is 7.14. The molecule has 7 nitrogen and oxygen atoms in total. The predicted octanol–water partition coefficient (Wildman–Crippen LogP) is 11.6. The normalized spacial score (nSPS) is 11.8. The van der Waals surface area contributed by atoms with Gasteiger partial charge in [-0.15, -0.1) is 10.2 Å². The van der Waals surface area contributed by atoms with E-state index in [2.05, 4.69) is 53.5 Å². The van der Waals surface area contributed by atoms with E-state index in [0.29, 0.717) is 34.6 Å². The van der Waals surface area contributed by atoms with Gasteiger partial charge in [-0.2, -0.15) is 10.2 Å². The number of nitrogens with zero attached hydrogens (tertiary/aromatic N) is 4. The molecule has 0 aliphatic rings. The average Bonchev–Trinajstić information content (AvgIpc) is 2.98. The van der Waals surface area contributed by atoms with E-state index in [1.165, 1.54) is 12.8 Å². The van der Waals surface area contributed by atoms with Crippen molar-refractivity contribution in [2.45, 2.75) is 66.2 Å². The largest absolute Gasteiger partial charge is 0.506 e. The van der Waals surface area contributed by atoms with E-state index in [4.69, 9.17) is 0 Å². The van der Waals surface area contributed by atoms with E-state index in [-0.39, 0.29) is 11.5 Å². The van der Waals surface area contributed by atoms with Crippen LogP contribution in [-0.4, -0.2) is 10.2 Å². The van der Waals surface area contributed by atoms with E-state index in [9.17, 15) is 10.2 Å². The number of azo groups is 2. The zero-order valence-electron chi connectivity index (χ0n) is 25.7. The molecule has 0 atom stereocenters. The standard InChI is InChI=1S/C36H43N5O2/c1-25(2)7-5-9-27-11-21-35(42)33(23-27)40-38-31-17-13-29(14-18-31)37-30-15-19-32(20-16-30)39-41-34-24-28(12-22-36(34)43)10-6-8-26(3)4/h11-26,37,42-43H,5-10H2,1-4H3. The molecule has 0 aromatic heterocycles. The molecule has 4 aromatic rings. The highest BCUT2D eigenvalue weighted by atomic mass is 16.3. The molecular weight excluding hydrogens is 534 g/mol. The minimum Gasteiger partial charge on any atom is -0.506 e. The van der Waals surface area contributed by atoms with Crippen LogP contribution < -0.4 is 5.32 Å². The molecule has 0 aliphatic heterocycles. The molecule has 4 rings (SSSR count). The number of anilines is 2. The van der Waals surface area contributed by atoms with Crippen LogP contribution in [0.4, 0.5) is 34.1 Å². The summed E-state index contributed by atoms with van der Waals surface area (Å²) in [6.07, 6.45) is 6.48. The third-order valence-electron chi connectivity index (χ3n) is 7.14. The number of benzene rings is 4. The van der Waals surface area contributed by atoms with E-state index in [1.807, 2.05) is 72.8 Å². The van der Waals surface area contributed by atoms with Crippen LogP contribution in [0, 0.1) is 11.8 Å². The number of rotatable bonds is 14. The van der Waals surface area contributed by atoms with E-state index in [1.54, 1.807) is 12.1 Å². The second-order valence-electron chi connectivity index (χ2n) is 11.8. The van der Waals surface area contributed by atoms with Gasteiger partial charge in [-0.25, -0.2) is 0 Å². The SMILES string of the molecule is CC(C)CCCc1ccc(O)c(N=Nc2ccc(Nc3ccc(N=Nc4cc(CCCC(C)C)ccc4O)cc3)cc2)c1. The Labute approximate surface area is 255 Å². The molecule has 0 fully saturated rings. The molecule has 0 aliphatic carbocycles. The van der Waals surface area contributed by atoms with Crippen LogP contribution in [0.25, 0.3) is 0 Å². The molecule has 3 N–H and O–H groups in total. The fraction of sp³-hybridized carbons (Fsp3) is 0.333. The zero-order chi connectivity index (χ0) is 30.6. The number of hydrogen-bond acceptors (Lipinski definition) is 7. The summed E-state index contributed by atoms with van der Waals surface area (Å²) in [7, 11) is 0. The number of phenols is 2. The first-order valence-electron chi connectivity index (χ1n) is 15.2. The molecule has 224 valence electrons. The van der Waals surface area contributed by atoms with Crippen LogP contribution in [0.3, 0.4) is 0 Å². The van der Waals surface area contributed by atoms with E-state index >= 15 is 0 Å². The van der Waals surface area contributed by atoms with Gasteiger partial charge in [-0.3, -0.25) is 0 Å². The maximum absolute atomic E-state index is 10.2. The highest BCUT2D eigenvalue weighted by molar-refractivity contribution is 5.63. The minimum atomic E-state index is 0.125. The van der Waals surface area contributed by atoms with Gasteiger partial charge >= 0.3 is 0 Å². The lowest BCUT2D eigenvalue weighted by atomic mass is 10.0. The first kappa shape index (κ1) is 31.4. The van der Waals surface area contributed by atoms with Gasteiger partial charge in [-0.05, 0) is 121 Å². The van der Waals surface area contributed by atoms with Crippen molar-refractivity contribution in [3.8, 4) is 11.5 Å². The van der Waals surface area contributed by atoms with Crippen molar-refractivity contribution >= 4 is 34.1 Å². The monoisotopic (exact) mass is 577 g/mol. The summed E-state index contributed by atoms with van der Waals surface area (Å²) in [6, 6.07) is 26.3. The molecule has 0 saturated heterocycles. The fourth-order valence-corrected chi connectivity index (χ4v) is 4.65. The maximum Gasteiger partial charge on any atom is 0.143 e. The van der Waals surface area contributed by atoms with Gasteiger partial charge in [0.2, 0.25) is 0 Å². The van der Waals surface area contributed by atoms with Gasteiger partial charge in [0.25, 0.3) is 0 Å². The van der Waals surface area contributed by atoms with Gasteiger partial charge in [0.1, 0.15) is 22.9 Å². The molecule has 4 aromatic carbocycles. The van der Waals surface area contributed by atoms with Gasteiger partial charge in [0.05, 0.1) is 11.4 Å². The van der Waals surface area contributed by atoms with Crippen molar-refractivity contribution < 1.29 is 10.2 Å². The summed E-state index contributed by atoms with van der Waals surface area (Å²) in [5.41, 5.74) is 6.46. The van der Waals surface area contributed by atoms with Crippen LogP contribution in [0.2, 0.25) is 0 Å². The number of nitrogens with one attached hydrogen (secondary N) is 1. The Morgan fingerprint density at radius 3 is 1.30 bits per heavy atom. The summed E-state index contributed by atoms with van der Waals surface area (Å²) in [5.74, 6) is 1.61. The predicted molar refractivity (Wildman–Crippen MR) is 176 cm³/mol. The van der Waals surface area contributed by atoms with Gasteiger partial charge in [-0.1, -0.05) is 52.7 Å². The first-order chi connectivity index (χ1) is 20.7. The Hall–Kier alpha value is -4.52. The van der Waals surface area contributed by atoms with Crippen molar-refractivity contribution in [1.82, 2.24) is 0 Å². The quantitative estimate of drug-likeness (QED) is 0.130. The van der Waals surface area contributed by atoms with E-state index in [0.717, 1.165) is 48.2 Å². The lowest BCUT2D eigenvalue weighted by Crippen LogP contribution is -1.90. The zero-order valence-corrected chi connectivity index (χ0v) is 25.7. The molecule has 43 heavy (non-hydrogen) atoms. The van der Waals surface area contributed by atoms with Crippen molar-refractivity contribution in [3.63, 3.8) is 0 Å². The Balaban J connectivity index is 1.32. The number of aryl methyl sites for hydroxylation is 2. The third kappa shape index (κ3) is 10.4. The van der Waals surface area contributed by atoms with Gasteiger partial charge in [0, 0.05) is 11.4 Å². The molecule has 0 bridgehead atoms. The van der Waals surface area contributed by atoms with Crippen molar-refractivity contribution in [3.05, 3.63) is 96.1 Å². The summed E-state index contributed by atoms with van der Waals surface area (Å²) < 4.78 is 0. The molecule has 0 amide bonds. The lowest BCUT2D eigenvalue weighted by molar-refractivity contribution is 0.475. The van der Waals surface area contributed by atoms with Crippen LogP contribution in [0.1, 0.15) is 64.5 Å². The van der Waals surface area contributed by atoms with Crippen molar-refractivity contribution in [1.29, 1.82) is 0 Å². The molecular formula is C36H43N5O2. The molecule has 0 radical (unpaired) electrons. The first-order valence-corrected chi connectivity index (χ1v) is 15.2. The van der Waals surface area contributed by atoms with Crippen LogP contribution >= 0.6 is 0 Å². The molecule has 0 spiro atoms. The van der Waals surface area contributed by atoms with Gasteiger partial charge in [0.15, 0.2) is 0 Å². The average molecular weight is 578 g/mol. The lowest BCUT2D eigenvalue weighted by Gasteiger charge is -2.07. The maximum atomic E-state index is 10.2. The van der Waals surface area contributed by atoms with Crippen LogP contribution in [0.15, 0.2) is 105 Å². The molecule has 0 saturated carbocycles. The van der Waals surface area contributed by atoms with Crippen molar-refractivity contribution in [2.24, 2.45) is 32.3 Å². The van der Waals surface area contributed by atoms with Gasteiger partial charge < -0.3 is 15.5 Å². The minimum absolute atomic E-state index is 0.125. The summed E-state index contributed by atoms with van der Waals surface area (Å²) in [6.45, 7) is 8.91. The highest BCUT2D eigenvalue weighted by Crippen LogP contribution is 2.32. The summed E-state index contributed by atoms with van der Waals surface area (Å²) >= 11 is 0. The Morgan fingerprint density at radius 2 is 0.930 bits per heavy atom. The smallest absolute Gasteiger partial charge is 0.143 e. The second kappa shape index (κ2) is 15.6. The highest BCUT2D eigenvalue weighted by Gasteiger charge is 2.05. The van der Waals surface area contributed by atoms with Crippen molar-refractivity contribution in [2.75, 3.05) is 5.32 Å². The van der Waals surface area contributed by atoms with Crippen LogP contribution in [-0.2, 0) is 12.8 Å². The molecule has 7 heteroatoms.